The zero-order chi connectivity index (χ0) is 18.0. The number of amides is 1. The molecule has 2 unspecified atom stereocenters. The summed E-state index contributed by atoms with van der Waals surface area (Å²) in [7, 11) is 1.91. The maximum Gasteiger partial charge on any atom is 0.251 e. The number of hydrogen-bond donors (Lipinski definition) is 2. The highest BCUT2D eigenvalue weighted by molar-refractivity contribution is 5.94. The van der Waals surface area contributed by atoms with Gasteiger partial charge in [0.15, 0.2) is 11.6 Å². The van der Waals surface area contributed by atoms with Crippen LogP contribution >= 0.6 is 12.4 Å². The maximum absolute atomic E-state index is 13.6. The van der Waals surface area contributed by atoms with Crippen molar-refractivity contribution in [2.45, 2.75) is 25.0 Å². The number of carbonyl (C=O) groups is 1. The van der Waals surface area contributed by atoms with E-state index in [1.165, 1.54) is 6.07 Å². The quantitative estimate of drug-likeness (QED) is 0.855. The maximum atomic E-state index is 13.6. The lowest BCUT2D eigenvalue weighted by Gasteiger charge is -2.26. The Hall–Kier alpha value is -2.02. The van der Waals surface area contributed by atoms with Gasteiger partial charge in [-0.25, -0.2) is 8.78 Å². The summed E-state index contributed by atoms with van der Waals surface area (Å²) in [5.41, 5.74) is 7.73. The van der Waals surface area contributed by atoms with Gasteiger partial charge in [-0.1, -0.05) is 18.2 Å². The molecule has 1 amide bonds. The number of nitrogens with two attached hydrogens (primary N) is 1. The van der Waals surface area contributed by atoms with E-state index in [1.807, 2.05) is 24.1 Å². The predicted molar refractivity (Wildman–Crippen MR) is 99.2 cm³/mol. The largest absolute Gasteiger partial charge is 0.347 e. The monoisotopic (exact) mass is 381 g/mol. The fourth-order valence-corrected chi connectivity index (χ4v) is 3.33. The van der Waals surface area contributed by atoms with Crippen LogP contribution in [0.2, 0.25) is 0 Å². The molecule has 1 aliphatic heterocycles. The summed E-state index contributed by atoms with van der Waals surface area (Å²) in [6.45, 7) is 1.19. The highest BCUT2D eigenvalue weighted by Crippen LogP contribution is 2.31. The van der Waals surface area contributed by atoms with Crippen LogP contribution in [0.4, 0.5) is 8.78 Å². The first kappa shape index (κ1) is 20.3. The second kappa shape index (κ2) is 8.58. The molecule has 7 heteroatoms. The van der Waals surface area contributed by atoms with Crippen LogP contribution < -0.4 is 11.1 Å². The second-order valence-electron chi connectivity index (χ2n) is 6.37. The van der Waals surface area contributed by atoms with E-state index in [4.69, 9.17) is 5.73 Å². The van der Waals surface area contributed by atoms with E-state index in [9.17, 15) is 13.6 Å². The Labute approximate surface area is 157 Å². The standard InChI is InChI=1S/C19H21F2N3O.ClH/c1-24-9-8-17(18(24)14-6-7-15(20)16(21)10-14)23-19(25)13-4-2-12(11-22)3-5-13;/h2-7,10,17-18H,8-9,11,22H2,1H3,(H,23,25);1H. The molecule has 2 aromatic carbocycles. The smallest absolute Gasteiger partial charge is 0.251 e. The third kappa shape index (κ3) is 4.20. The minimum atomic E-state index is -0.875. The molecule has 140 valence electrons. The van der Waals surface area contributed by atoms with Gasteiger partial charge in [0.25, 0.3) is 5.91 Å². The number of hydrogen-bond acceptors (Lipinski definition) is 3. The van der Waals surface area contributed by atoms with Crippen LogP contribution in [-0.2, 0) is 6.54 Å². The topological polar surface area (TPSA) is 58.4 Å². The van der Waals surface area contributed by atoms with Crippen LogP contribution in [0.3, 0.4) is 0 Å². The second-order valence-corrected chi connectivity index (χ2v) is 6.37. The van der Waals surface area contributed by atoms with Gasteiger partial charge in [-0.2, -0.15) is 0 Å². The molecule has 26 heavy (non-hydrogen) atoms. The Morgan fingerprint density at radius 2 is 1.88 bits per heavy atom. The van der Waals surface area contributed by atoms with Gasteiger partial charge in [-0.3, -0.25) is 9.69 Å². The van der Waals surface area contributed by atoms with Crippen molar-refractivity contribution in [3.05, 3.63) is 70.8 Å². The number of benzene rings is 2. The molecule has 0 saturated carbocycles. The fraction of sp³-hybridized carbons (Fsp3) is 0.316. The van der Waals surface area contributed by atoms with Crippen LogP contribution in [-0.4, -0.2) is 30.4 Å². The number of carbonyl (C=O) groups excluding carboxylic acids is 1. The van der Waals surface area contributed by atoms with E-state index >= 15 is 0 Å². The highest BCUT2D eigenvalue weighted by Gasteiger charge is 2.34. The fourth-order valence-electron chi connectivity index (χ4n) is 3.33. The van der Waals surface area contributed by atoms with E-state index in [0.29, 0.717) is 17.7 Å². The molecule has 0 spiro atoms. The predicted octanol–water partition coefficient (Wildman–Crippen LogP) is 3.02. The minimum absolute atomic E-state index is 0. The zero-order valence-electron chi connectivity index (χ0n) is 14.4. The number of halogens is 3. The summed E-state index contributed by atoms with van der Waals surface area (Å²) in [6.07, 6.45) is 0.743. The van der Waals surface area contributed by atoms with Crippen molar-refractivity contribution in [1.82, 2.24) is 10.2 Å². The van der Waals surface area contributed by atoms with Crippen molar-refractivity contribution in [2.75, 3.05) is 13.6 Å². The summed E-state index contributed by atoms with van der Waals surface area (Å²) < 4.78 is 26.8. The molecule has 0 bridgehead atoms. The Kier molecular flexibility index (Phi) is 6.69. The van der Waals surface area contributed by atoms with Crippen molar-refractivity contribution in [1.29, 1.82) is 0 Å². The molecule has 0 radical (unpaired) electrons. The van der Waals surface area contributed by atoms with Gasteiger partial charge in [0, 0.05) is 18.7 Å². The number of nitrogens with zero attached hydrogens (tertiary/aromatic N) is 1. The Bertz CT molecular complexity index is 770. The number of likely N-dealkylation sites (N-methyl/N-ethyl adjacent to an activating group) is 1. The average Bonchev–Trinajstić information content (AvgIpc) is 2.98. The van der Waals surface area contributed by atoms with Gasteiger partial charge in [0.1, 0.15) is 0 Å². The van der Waals surface area contributed by atoms with Crippen molar-refractivity contribution >= 4 is 18.3 Å². The molecule has 2 atom stereocenters. The van der Waals surface area contributed by atoms with Crippen LogP contribution in [0.25, 0.3) is 0 Å². The first-order chi connectivity index (χ1) is 12.0. The minimum Gasteiger partial charge on any atom is -0.347 e. The molecule has 1 saturated heterocycles. The van der Waals surface area contributed by atoms with E-state index in [-0.39, 0.29) is 30.4 Å². The Morgan fingerprint density at radius 3 is 2.50 bits per heavy atom. The molecular weight excluding hydrogens is 360 g/mol. The lowest BCUT2D eigenvalue weighted by Crippen LogP contribution is -2.39. The van der Waals surface area contributed by atoms with Gasteiger partial charge in [-0.15, -0.1) is 12.4 Å². The Morgan fingerprint density at radius 1 is 1.19 bits per heavy atom. The first-order valence-corrected chi connectivity index (χ1v) is 8.24. The molecule has 1 heterocycles. The van der Waals surface area contributed by atoms with Crippen LogP contribution in [0.5, 0.6) is 0 Å². The molecule has 1 aliphatic rings. The molecule has 0 aliphatic carbocycles. The van der Waals surface area contributed by atoms with E-state index in [1.54, 1.807) is 18.2 Å². The molecule has 4 nitrogen and oxygen atoms in total. The summed E-state index contributed by atoms with van der Waals surface area (Å²) in [6, 6.07) is 10.7. The van der Waals surface area contributed by atoms with Gasteiger partial charge >= 0.3 is 0 Å². The molecule has 0 aromatic heterocycles. The first-order valence-electron chi connectivity index (χ1n) is 8.24. The number of rotatable bonds is 4. The van der Waals surface area contributed by atoms with Crippen LogP contribution in [0.1, 0.15) is 33.9 Å². The van der Waals surface area contributed by atoms with E-state index in [2.05, 4.69) is 5.32 Å². The molecule has 3 rings (SSSR count). The Balaban J connectivity index is 0.00000243. The molecular formula is C19H22ClF2N3O. The number of nitrogens with one attached hydrogen (secondary N) is 1. The van der Waals surface area contributed by atoms with E-state index in [0.717, 1.165) is 24.6 Å². The van der Waals surface area contributed by atoms with Gasteiger partial charge in [-0.05, 0) is 48.9 Å². The van der Waals surface area contributed by atoms with Crippen LogP contribution in [0.15, 0.2) is 42.5 Å². The van der Waals surface area contributed by atoms with Gasteiger partial charge < -0.3 is 11.1 Å². The molecule has 2 aromatic rings. The number of likely N-dealkylation sites (tertiary alicyclic amines) is 1. The van der Waals surface area contributed by atoms with Crippen LogP contribution in [0, 0.1) is 11.6 Å². The van der Waals surface area contributed by atoms with Crippen molar-refractivity contribution in [3.63, 3.8) is 0 Å². The summed E-state index contributed by atoms with van der Waals surface area (Å²) in [4.78, 5) is 14.5. The van der Waals surface area contributed by atoms with Crippen molar-refractivity contribution < 1.29 is 13.6 Å². The normalized spacial score (nSPS) is 19.8. The van der Waals surface area contributed by atoms with Crippen molar-refractivity contribution in [2.24, 2.45) is 5.73 Å². The summed E-state index contributed by atoms with van der Waals surface area (Å²) in [5.74, 6) is -1.93. The third-order valence-corrected chi connectivity index (χ3v) is 4.70. The molecule has 1 fully saturated rings. The lowest BCUT2D eigenvalue weighted by atomic mass is 9.99. The van der Waals surface area contributed by atoms with Crippen molar-refractivity contribution in [3.8, 4) is 0 Å². The highest BCUT2D eigenvalue weighted by atomic mass is 35.5. The molecule has 3 N–H and O–H groups in total. The SMILES string of the molecule is CN1CCC(NC(=O)c2ccc(CN)cc2)C1c1ccc(F)c(F)c1.Cl. The zero-order valence-corrected chi connectivity index (χ0v) is 15.2. The lowest BCUT2D eigenvalue weighted by molar-refractivity contribution is 0.0927. The average molecular weight is 382 g/mol. The summed E-state index contributed by atoms with van der Waals surface area (Å²) in [5, 5.41) is 3.02. The van der Waals surface area contributed by atoms with Gasteiger partial charge in [0.2, 0.25) is 0 Å². The third-order valence-electron chi connectivity index (χ3n) is 4.70. The summed E-state index contributed by atoms with van der Waals surface area (Å²) >= 11 is 0. The van der Waals surface area contributed by atoms with E-state index < -0.39 is 11.6 Å². The van der Waals surface area contributed by atoms with Gasteiger partial charge in [0.05, 0.1) is 12.1 Å².